The van der Waals surface area contributed by atoms with Crippen LogP contribution in [0.1, 0.15) is 39.0 Å². The SMILES string of the molecule is CCN(Cc1ccccc1NC(=O)Cn1nc(C)c2ccccc2c1=O)C(=O)OC(C)(C)C. The van der Waals surface area contributed by atoms with Gasteiger partial charge in [-0.25, -0.2) is 9.48 Å². The molecule has 0 atom stereocenters. The molecule has 0 bridgehead atoms. The average molecular weight is 451 g/mol. The molecular weight excluding hydrogens is 420 g/mol. The van der Waals surface area contributed by atoms with Crippen molar-refractivity contribution in [2.45, 2.75) is 53.3 Å². The van der Waals surface area contributed by atoms with Crippen LogP contribution in [0.2, 0.25) is 0 Å². The molecule has 0 aliphatic rings. The standard InChI is InChI=1S/C25H30N4O4/c1-6-28(24(32)33-25(3,4)5)15-18-11-7-10-14-21(18)26-22(30)16-29-23(31)20-13-9-8-12-19(20)17(2)27-29/h7-14H,6,15-16H2,1-5H3,(H,26,30). The number of para-hydroxylation sites is 1. The Balaban J connectivity index is 1.78. The molecule has 1 aromatic heterocycles. The van der Waals surface area contributed by atoms with Crippen LogP contribution in [0.5, 0.6) is 0 Å². The number of anilines is 1. The lowest BCUT2D eigenvalue weighted by Gasteiger charge is -2.27. The largest absolute Gasteiger partial charge is 0.444 e. The van der Waals surface area contributed by atoms with Crippen LogP contribution in [-0.4, -0.2) is 38.8 Å². The van der Waals surface area contributed by atoms with Gasteiger partial charge in [-0.15, -0.1) is 0 Å². The van der Waals surface area contributed by atoms with Crippen LogP contribution in [0.25, 0.3) is 10.8 Å². The highest BCUT2D eigenvalue weighted by atomic mass is 16.6. The number of nitrogens with zero attached hydrogens (tertiary/aromatic N) is 3. The third-order valence-electron chi connectivity index (χ3n) is 5.03. The zero-order valence-electron chi connectivity index (χ0n) is 19.7. The maximum Gasteiger partial charge on any atom is 0.410 e. The van der Waals surface area contributed by atoms with Gasteiger partial charge >= 0.3 is 6.09 Å². The van der Waals surface area contributed by atoms with E-state index in [2.05, 4.69) is 10.4 Å². The molecule has 33 heavy (non-hydrogen) atoms. The molecule has 0 fully saturated rings. The molecule has 3 aromatic rings. The number of carbonyl (C=O) groups is 2. The summed E-state index contributed by atoms with van der Waals surface area (Å²) in [6, 6.07) is 14.4. The van der Waals surface area contributed by atoms with Crippen molar-refractivity contribution in [3.05, 3.63) is 70.1 Å². The number of aryl methyl sites for hydroxylation is 1. The number of hydrogen-bond donors (Lipinski definition) is 1. The van der Waals surface area contributed by atoms with E-state index in [1.165, 1.54) is 4.68 Å². The van der Waals surface area contributed by atoms with E-state index in [-0.39, 0.29) is 24.6 Å². The van der Waals surface area contributed by atoms with Gasteiger partial charge in [0, 0.05) is 17.6 Å². The number of rotatable bonds is 6. The van der Waals surface area contributed by atoms with Gasteiger partial charge in [-0.05, 0) is 52.3 Å². The van der Waals surface area contributed by atoms with Crippen molar-refractivity contribution in [1.82, 2.24) is 14.7 Å². The minimum absolute atomic E-state index is 0.220. The van der Waals surface area contributed by atoms with Gasteiger partial charge in [-0.3, -0.25) is 9.59 Å². The van der Waals surface area contributed by atoms with E-state index in [4.69, 9.17) is 4.74 Å². The smallest absolute Gasteiger partial charge is 0.410 e. The monoisotopic (exact) mass is 450 g/mol. The van der Waals surface area contributed by atoms with E-state index in [0.29, 0.717) is 23.3 Å². The fraction of sp³-hybridized carbons (Fsp3) is 0.360. The number of amides is 2. The van der Waals surface area contributed by atoms with Crippen molar-refractivity contribution in [3.63, 3.8) is 0 Å². The number of ether oxygens (including phenoxy) is 1. The number of benzene rings is 2. The van der Waals surface area contributed by atoms with Crippen LogP contribution < -0.4 is 10.9 Å². The van der Waals surface area contributed by atoms with Crippen molar-refractivity contribution >= 4 is 28.5 Å². The Labute approximate surface area is 193 Å². The number of nitrogens with one attached hydrogen (secondary N) is 1. The second-order valence-electron chi connectivity index (χ2n) is 8.79. The van der Waals surface area contributed by atoms with Crippen molar-refractivity contribution in [3.8, 4) is 0 Å². The summed E-state index contributed by atoms with van der Waals surface area (Å²) in [6.07, 6.45) is -0.423. The first-order valence-electron chi connectivity index (χ1n) is 10.9. The third kappa shape index (κ3) is 5.97. The van der Waals surface area contributed by atoms with Crippen molar-refractivity contribution in [2.24, 2.45) is 0 Å². The van der Waals surface area contributed by atoms with E-state index in [0.717, 1.165) is 10.9 Å². The lowest BCUT2D eigenvalue weighted by Crippen LogP contribution is -2.36. The Hall–Kier alpha value is -3.68. The summed E-state index contributed by atoms with van der Waals surface area (Å²) in [5, 5.41) is 8.44. The molecule has 1 N–H and O–H groups in total. The number of carbonyl (C=O) groups excluding carboxylic acids is 2. The highest BCUT2D eigenvalue weighted by Crippen LogP contribution is 2.19. The normalized spacial score (nSPS) is 11.3. The summed E-state index contributed by atoms with van der Waals surface area (Å²) in [4.78, 5) is 39.6. The molecule has 0 unspecified atom stereocenters. The minimum atomic E-state index is -0.601. The van der Waals surface area contributed by atoms with Gasteiger partial charge in [-0.2, -0.15) is 5.10 Å². The predicted octanol–water partition coefficient (Wildman–Crippen LogP) is 4.10. The number of aromatic nitrogens is 2. The number of fused-ring (bicyclic) bond motifs is 1. The summed E-state index contributed by atoms with van der Waals surface area (Å²) in [7, 11) is 0. The van der Waals surface area contributed by atoms with Crippen LogP contribution in [0.4, 0.5) is 10.5 Å². The van der Waals surface area contributed by atoms with E-state index in [1.54, 1.807) is 29.2 Å². The van der Waals surface area contributed by atoms with Crippen LogP contribution in [-0.2, 0) is 22.6 Å². The molecule has 0 radical (unpaired) electrons. The first-order chi connectivity index (χ1) is 15.6. The van der Waals surface area contributed by atoms with E-state index >= 15 is 0 Å². The highest BCUT2D eigenvalue weighted by Gasteiger charge is 2.22. The van der Waals surface area contributed by atoms with E-state index in [1.807, 2.05) is 58.9 Å². The van der Waals surface area contributed by atoms with Gasteiger partial charge in [0.15, 0.2) is 0 Å². The molecule has 2 aromatic carbocycles. The van der Waals surface area contributed by atoms with E-state index in [9.17, 15) is 14.4 Å². The predicted molar refractivity (Wildman–Crippen MR) is 128 cm³/mol. The molecule has 8 nitrogen and oxygen atoms in total. The third-order valence-corrected chi connectivity index (χ3v) is 5.03. The zero-order chi connectivity index (χ0) is 24.2. The molecule has 0 saturated carbocycles. The van der Waals surface area contributed by atoms with Crippen LogP contribution in [0, 0.1) is 6.92 Å². The molecular formula is C25H30N4O4. The fourth-order valence-electron chi connectivity index (χ4n) is 3.46. The first-order valence-corrected chi connectivity index (χ1v) is 10.9. The van der Waals surface area contributed by atoms with Crippen LogP contribution in [0.15, 0.2) is 53.3 Å². The Bertz CT molecular complexity index is 1230. The lowest BCUT2D eigenvalue weighted by molar-refractivity contribution is -0.117. The molecule has 0 aliphatic heterocycles. The van der Waals surface area contributed by atoms with Crippen molar-refractivity contribution in [2.75, 3.05) is 11.9 Å². The quantitative estimate of drug-likeness (QED) is 0.610. The average Bonchev–Trinajstić information content (AvgIpc) is 2.75. The van der Waals surface area contributed by atoms with Gasteiger partial charge in [0.25, 0.3) is 5.56 Å². The van der Waals surface area contributed by atoms with Crippen LogP contribution >= 0.6 is 0 Å². The topological polar surface area (TPSA) is 93.5 Å². The Morgan fingerprint density at radius 3 is 2.36 bits per heavy atom. The molecule has 1 heterocycles. The second-order valence-corrected chi connectivity index (χ2v) is 8.79. The Kier molecular flexibility index (Phi) is 7.16. The molecule has 0 saturated heterocycles. The van der Waals surface area contributed by atoms with Crippen molar-refractivity contribution < 1.29 is 14.3 Å². The maximum absolute atomic E-state index is 12.8. The summed E-state index contributed by atoms with van der Waals surface area (Å²) in [5.41, 5.74) is 1.08. The first kappa shape index (κ1) is 24.0. The molecule has 0 spiro atoms. The van der Waals surface area contributed by atoms with E-state index < -0.39 is 11.7 Å². The summed E-state index contributed by atoms with van der Waals surface area (Å²) in [6.45, 7) is 9.63. The highest BCUT2D eigenvalue weighted by molar-refractivity contribution is 5.91. The minimum Gasteiger partial charge on any atom is -0.444 e. The van der Waals surface area contributed by atoms with Gasteiger partial charge in [0.1, 0.15) is 12.1 Å². The number of hydrogen-bond acceptors (Lipinski definition) is 5. The Morgan fingerprint density at radius 2 is 1.70 bits per heavy atom. The molecule has 174 valence electrons. The van der Waals surface area contributed by atoms with Gasteiger partial charge in [0.05, 0.1) is 17.6 Å². The summed E-state index contributed by atoms with van der Waals surface area (Å²) in [5.74, 6) is -0.382. The molecule has 2 amide bonds. The summed E-state index contributed by atoms with van der Waals surface area (Å²) >= 11 is 0. The summed E-state index contributed by atoms with van der Waals surface area (Å²) < 4.78 is 6.65. The molecule has 0 aliphatic carbocycles. The molecule has 8 heteroatoms. The van der Waals surface area contributed by atoms with Crippen molar-refractivity contribution in [1.29, 1.82) is 0 Å². The van der Waals surface area contributed by atoms with Gasteiger partial charge < -0.3 is 15.0 Å². The zero-order valence-corrected chi connectivity index (χ0v) is 19.7. The second kappa shape index (κ2) is 9.85. The van der Waals surface area contributed by atoms with Gasteiger partial charge in [0.2, 0.25) is 5.91 Å². The Morgan fingerprint density at radius 1 is 1.06 bits per heavy atom. The maximum atomic E-state index is 12.8. The fourth-order valence-corrected chi connectivity index (χ4v) is 3.46. The molecule has 3 rings (SSSR count). The van der Waals surface area contributed by atoms with Crippen LogP contribution in [0.3, 0.4) is 0 Å². The lowest BCUT2D eigenvalue weighted by atomic mass is 10.1. The van der Waals surface area contributed by atoms with Gasteiger partial charge in [-0.1, -0.05) is 36.4 Å².